The van der Waals surface area contributed by atoms with Crippen LogP contribution in [0.25, 0.3) is 0 Å². The first-order valence-corrected chi connectivity index (χ1v) is 5.59. The quantitative estimate of drug-likeness (QED) is 0.686. The zero-order valence-corrected chi connectivity index (χ0v) is 8.44. The topological polar surface area (TPSA) is 56.3 Å². The standard InChI is InChI=1S/C9H12N2O2S/c12-14(13)11-7-3-5-9(11)8-4-1-2-6-10-8/h1-2,4,6,9H,3,5,7H2,(H,12,13)/p-1. The molecular weight excluding hydrogens is 200 g/mol. The molecule has 1 aliphatic rings. The summed E-state index contributed by atoms with van der Waals surface area (Å²) in [7, 11) is 0. The SMILES string of the molecule is O=S([O-])N1CCCC1c1ccccn1. The predicted octanol–water partition coefficient (Wildman–Crippen LogP) is 1.01. The summed E-state index contributed by atoms with van der Waals surface area (Å²) in [5, 5.41) is 0. The highest BCUT2D eigenvalue weighted by Gasteiger charge is 2.27. The third-order valence-corrected chi connectivity index (χ3v) is 3.24. The molecule has 5 heteroatoms. The minimum Gasteiger partial charge on any atom is -0.760 e. The summed E-state index contributed by atoms with van der Waals surface area (Å²) in [6.45, 7) is 0.608. The lowest BCUT2D eigenvalue weighted by Gasteiger charge is -2.25. The molecule has 4 nitrogen and oxygen atoms in total. The van der Waals surface area contributed by atoms with Crippen molar-refractivity contribution in [3.05, 3.63) is 30.1 Å². The van der Waals surface area contributed by atoms with Crippen LogP contribution in [0.2, 0.25) is 0 Å². The van der Waals surface area contributed by atoms with E-state index in [1.807, 2.05) is 18.2 Å². The van der Waals surface area contributed by atoms with Gasteiger partial charge in [-0.1, -0.05) is 6.07 Å². The van der Waals surface area contributed by atoms with Gasteiger partial charge in [-0.15, -0.1) is 0 Å². The lowest BCUT2D eigenvalue weighted by Crippen LogP contribution is -2.25. The molecule has 1 fully saturated rings. The van der Waals surface area contributed by atoms with Crippen molar-refractivity contribution in [1.29, 1.82) is 0 Å². The van der Waals surface area contributed by atoms with Crippen molar-refractivity contribution in [3.8, 4) is 0 Å². The third kappa shape index (κ3) is 1.84. The summed E-state index contributed by atoms with van der Waals surface area (Å²) in [5.41, 5.74) is 0.842. The van der Waals surface area contributed by atoms with Crippen molar-refractivity contribution in [2.75, 3.05) is 6.54 Å². The molecule has 0 aromatic carbocycles. The summed E-state index contributed by atoms with van der Waals surface area (Å²) in [6, 6.07) is 5.52. The van der Waals surface area contributed by atoms with Crippen LogP contribution in [0, 0.1) is 0 Å². The van der Waals surface area contributed by atoms with Gasteiger partial charge >= 0.3 is 0 Å². The van der Waals surface area contributed by atoms with E-state index in [1.165, 1.54) is 4.31 Å². The van der Waals surface area contributed by atoms with Crippen LogP contribution in [0.15, 0.2) is 24.4 Å². The maximum atomic E-state index is 10.9. The normalized spacial score (nSPS) is 25.1. The Morgan fingerprint density at radius 2 is 2.43 bits per heavy atom. The highest BCUT2D eigenvalue weighted by Crippen LogP contribution is 2.30. The molecule has 1 aromatic rings. The summed E-state index contributed by atoms with van der Waals surface area (Å²) in [6.07, 6.45) is 3.47. The zero-order valence-electron chi connectivity index (χ0n) is 7.63. The van der Waals surface area contributed by atoms with Gasteiger partial charge in [0.1, 0.15) is 0 Å². The van der Waals surface area contributed by atoms with Crippen LogP contribution in [-0.4, -0.2) is 24.6 Å². The first kappa shape index (κ1) is 9.76. The molecule has 1 aromatic heterocycles. The molecule has 0 spiro atoms. The highest BCUT2D eigenvalue weighted by atomic mass is 32.2. The third-order valence-electron chi connectivity index (χ3n) is 2.42. The molecule has 2 heterocycles. The predicted molar refractivity (Wildman–Crippen MR) is 51.8 cm³/mol. The van der Waals surface area contributed by atoms with Crippen LogP contribution >= 0.6 is 0 Å². The van der Waals surface area contributed by atoms with E-state index in [9.17, 15) is 8.76 Å². The smallest absolute Gasteiger partial charge is 0.0637 e. The van der Waals surface area contributed by atoms with Crippen molar-refractivity contribution in [2.45, 2.75) is 18.9 Å². The van der Waals surface area contributed by atoms with Crippen molar-refractivity contribution in [2.24, 2.45) is 0 Å². The minimum atomic E-state index is -2.13. The molecule has 1 aliphatic heterocycles. The molecule has 0 aliphatic carbocycles. The Kier molecular flexibility index (Phi) is 2.90. The Balaban J connectivity index is 2.22. The Hall–Kier alpha value is -0.780. The molecule has 0 radical (unpaired) electrons. The molecule has 0 bridgehead atoms. The van der Waals surface area contributed by atoms with E-state index in [0.717, 1.165) is 18.5 Å². The maximum absolute atomic E-state index is 10.9. The van der Waals surface area contributed by atoms with Gasteiger partial charge in [-0.2, -0.15) is 0 Å². The fourth-order valence-electron chi connectivity index (χ4n) is 1.79. The monoisotopic (exact) mass is 211 g/mol. The van der Waals surface area contributed by atoms with Crippen LogP contribution in [0.3, 0.4) is 0 Å². The largest absolute Gasteiger partial charge is 0.760 e. The van der Waals surface area contributed by atoms with Crippen LogP contribution in [0.5, 0.6) is 0 Å². The highest BCUT2D eigenvalue weighted by molar-refractivity contribution is 7.76. The van der Waals surface area contributed by atoms with Crippen molar-refractivity contribution in [1.82, 2.24) is 9.29 Å². The van der Waals surface area contributed by atoms with Crippen LogP contribution in [-0.2, 0) is 11.3 Å². The number of aromatic nitrogens is 1. The van der Waals surface area contributed by atoms with Gasteiger partial charge in [-0.3, -0.25) is 9.19 Å². The summed E-state index contributed by atoms with van der Waals surface area (Å²) >= 11 is -2.13. The summed E-state index contributed by atoms with van der Waals surface area (Å²) in [4.78, 5) is 4.18. The van der Waals surface area contributed by atoms with Gasteiger partial charge in [-0.25, -0.2) is 4.31 Å². The van der Waals surface area contributed by atoms with Gasteiger partial charge in [0.25, 0.3) is 0 Å². The molecule has 2 unspecified atom stereocenters. The van der Waals surface area contributed by atoms with E-state index in [1.54, 1.807) is 6.20 Å². The van der Waals surface area contributed by atoms with Crippen molar-refractivity contribution < 1.29 is 8.76 Å². The van der Waals surface area contributed by atoms with Crippen LogP contribution < -0.4 is 0 Å². The molecule has 0 saturated carbocycles. The molecule has 0 N–H and O–H groups in total. The number of hydrogen-bond donors (Lipinski definition) is 0. The number of rotatable bonds is 2. The fourth-order valence-corrected chi connectivity index (χ4v) is 2.49. The molecule has 76 valence electrons. The lowest BCUT2D eigenvalue weighted by molar-refractivity contribution is 0.370. The van der Waals surface area contributed by atoms with Crippen LogP contribution in [0.4, 0.5) is 0 Å². The summed E-state index contributed by atoms with van der Waals surface area (Å²) < 4.78 is 23.2. The van der Waals surface area contributed by atoms with Gasteiger partial charge in [0.05, 0.1) is 11.7 Å². The van der Waals surface area contributed by atoms with E-state index < -0.39 is 11.3 Å². The Bertz CT molecular complexity index is 331. The molecule has 1 saturated heterocycles. The molecule has 2 rings (SSSR count). The van der Waals surface area contributed by atoms with Crippen LogP contribution in [0.1, 0.15) is 24.6 Å². The van der Waals surface area contributed by atoms with Gasteiger partial charge in [0.2, 0.25) is 0 Å². The zero-order chi connectivity index (χ0) is 9.97. The van der Waals surface area contributed by atoms with E-state index in [4.69, 9.17) is 0 Å². The minimum absolute atomic E-state index is 0.0606. The van der Waals surface area contributed by atoms with E-state index >= 15 is 0 Å². The molecule has 14 heavy (non-hydrogen) atoms. The van der Waals surface area contributed by atoms with E-state index in [-0.39, 0.29) is 6.04 Å². The average molecular weight is 211 g/mol. The average Bonchev–Trinajstić information content (AvgIpc) is 2.67. The number of pyridine rings is 1. The second kappa shape index (κ2) is 4.16. The maximum Gasteiger partial charge on any atom is 0.0637 e. The van der Waals surface area contributed by atoms with E-state index in [0.29, 0.717) is 6.54 Å². The van der Waals surface area contributed by atoms with Gasteiger partial charge < -0.3 is 4.55 Å². The van der Waals surface area contributed by atoms with Gasteiger partial charge in [0.15, 0.2) is 0 Å². The molecular formula is C9H11N2O2S-. The molecule has 2 atom stereocenters. The Morgan fingerprint density at radius 1 is 1.57 bits per heavy atom. The molecule has 0 amide bonds. The Morgan fingerprint density at radius 3 is 3.07 bits per heavy atom. The number of nitrogens with zero attached hydrogens (tertiary/aromatic N) is 2. The second-order valence-electron chi connectivity index (χ2n) is 3.27. The van der Waals surface area contributed by atoms with Gasteiger partial charge in [-0.05, 0) is 25.0 Å². The van der Waals surface area contributed by atoms with Crippen molar-refractivity contribution >= 4 is 11.3 Å². The van der Waals surface area contributed by atoms with Crippen molar-refractivity contribution in [3.63, 3.8) is 0 Å². The first-order chi connectivity index (χ1) is 6.79. The lowest BCUT2D eigenvalue weighted by atomic mass is 10.1. The Labute approximate surface area is 85.4 Å². The second-order valence-corrected chi connectivity index (χ2v) is 4.17. The fraction of sp³-hybridized carbons (Fsp3) is 0.444. The van der Waals surface area contributed by atoms with E-state index in [2.05, 4.69) is 4.98 Å². The number of hydrogen-bond acceptors (Lipinski definition) is 3. The summed E-state index contributed by atoms with van der Waals surface area (Å²) in [5.74, 6) is 0. The van der Waals surface area contributed by atoms with Gasteiger partial charge in [0, 0.05) is 24.0 Å². The first-order valence-electron chi connectivity index (χ1n) is 4.56.